The third-order valence-corrected chi connectivity index (χ3v) is 9.04. The van der Waals surface area contributed by atoms with Crippen LogP contribution in [0.4, 0.5) is 0 Å². The van der Waals surface area contributed by atoms with E-state index in [4.69, 9.17) is 0 Å². The number of rotatable bonds is 7. The monoisotopic (exact) mass is 534 g/mol. The van der Waals surface area contributed by atoms with Crippen LogP contribution in [0.1, 0.15) is 79.7 Å². The van der Waals surface area contributed by atoms with Gasteiger partial charge in [-0.3, -0.25) is 14.3 Å². The van der Waals surface area contributed by atoms with Gasteiger partial charge < -0.3 is 9.80 Å². The van der Waals surface area contributed by atoms with Gasteiger partial charge in [-0.2, -0.15) is 5.10 Å². The minimum absolute atomic E-state index is 0. The minimum atomic E-state index is 0. The highest BCUT2D eigenvalue weighted by Gasteiger charge is 2.30. The first-order valence-corrected chi connectivity index (χ1v) is 14.5. The fraction of sp³-hybridized carbons (Fsp3) is 0.576. The van der Waals surface area contributed by atoms with Crippen molar-refractivity contribution < 1.29 is 12.4 Å². The van der Waals surface area contributed by atoms with Crippen LogP contribution < -0.4 is 0 Å². The van der Waals surface area contributed by atoms with Crippen LogP contribution in [0.5, 0.6) is 0 Å². The molecule has 2 atom stereocenters. The van der Waals surface area contributed by atoms with Crippen LogP contribution in [0, 0.1) is 17.8 Å². The molecule has 0 N–H and O–H groups in total. The Morgan fingerprint density at radius 1 is 1.15 bits per heavy atom. The van der Waals surface area contributed by atoms with Gasteiger partial charge in [0.15, 0.2) is 0 Å². The van der Waals surface area contributed by atoms with Crippen LogP contribution in [0.3, 0.4) is 0 Å². The Morgan fingerprint density at radius 3 is 2.62 bits per heavy atom. The first-order valence-electron chi connectivity index (χ1n) is 14.5. The predicted octanol–water partition coefficient (Wildman–Crippen LogP) is 6.50. The Bertz CT molecular complexity index is 1150. The fourth-order valence-corrected chi connectivity index (χ4v) is 6.71. The normalized spacial score (nSPS) is 25.1. The Balaban J connectivity index is 0.00000196. The molecule has 2 unspecified atom stereocenters. The smallest absolute Gasteiger partial charge is 0.222 e. The molecule has 2 aliphatic carbocycles. The quantitative estimate of drug-likeness (QED) is 0.375. The lowest BCUT2D eigenvalue weighted by molar-refractivity contribution is -0.134. The molecule has 6 heteroatoms. The molecular weight excluding hydrogens is 484 g/mol. The lowest BCUT2D eigenvalue weighted by Crippen LogP contribution is -2.42. The SMILES string of the molecule is C.C=C=C1CC(=O)CCC1C1=CC(CN2CCC(CC(=O)N3CCC(n4cc(C=C)cn4)CC3)CC2)CC=C1.[HH].[HH]. The Morgan fingerprint density at radius 2 is 1.92 bits per heavy atom. The number of aromatic nitrogens is 2. The number of hydrogen-bond donors (Lipinski definition) is 0. The van der Waals surface area contributed by atoms with Crippen molar-refractivity contribution in [3.63, 3.8) is 0 Å². The van der Waals surface area contributed by atoms with Crippen molar-refractivity contribution in [2.45, 2.75) is 71.3 Å². The molecule has 1 aromatic heterocycles. The molecule has 0 bridgehead atoms. The average molecular weight is 535 g/mol. The zero-order valence-corrected chi connectivity index (χ0v) is 22.7. The van der Waals surface area contributed by atoms with Gasteiger partial charge in [0.2, 0.25) is 5.91 Å². The second-order valence-electron chi connectivity index (χ2n) is 11.6. The summed E-state index contributed by atoms with van der Waals surface area (Å²) >= 11 is 0. The zero-order valence-electron chi connectivity index (χ0n) is 22.7. The number of Topliss-reactive ketones (excluding diaryl/α,β-unsaturated/α-hetero) is 1. The highest BCUT2D eigenvalue weighted by atomic mass is 16.2. The maximum atomic E-state index is 13.0. The van der Waals surface area contributed by atoms with Crippen LogP contribution in [0.25, 0.3) is 6.08 Å². The van der Waals surface area contributed by atoms with Gasteiger partial charge in [0.25, 0.3) is 0 Å². The molecule has 1 amide bonds. The summed E-state index contributed by atoms with van der Waals surface area (Å²) < 4.78 is 2.04. The molecular formula is C33H50N4O2. The summed E-state index contributed by atoms with van der Waals surface area (Å²) in [7, 11) is 0. The molecule has 5 rings (SSSR count). The number of likely N-dealkylation sites (tertiary alicyclic amines) is 2. The molecule has 0 spiro atoms. The van der Waals surface area contributed by atoms with Crippen LogP contribution >= 0.6 is 0 Å². The molecule has 39 heavy (non-hydrogen) atoms. The minimum Gasteiger partial charge on any atom is -0.343 e. The zero-order chi connectivity index (χ0) is 26.5. The molecule has 1 saturated carbocycles. The molecule has 4 aliphatic rings. The maximum absolute atomic E-state index is 13.0. The van der Waals surface area contributed by atoms with Crippen LogP contribution in [0.15, 0.2) is 60.7 Å². The first kappa shape index (κ1) is 29.0. The van der Waals surface area contributed by atoms with E-state index in [0.29, 0.717) is 54.7 Å². The average Bonchev–Trinajstić information content (AvgIpc) is 3.44. The largest absolute Gasteiger partial charge is 0.343 e. The van der Waals surface area contributed by atoms with Crippen molar-refractivity contribution in [3.05, 3.63) is 66.2 Å². The molecule has 214 valence electrons. The van der Waals surface area contributed by atoms with Gasteiger partial charge in [0.05, 0.1) is 12.2 Å². The van der Waals surface area contributed by atoms with E-state index in [2.05, 4.69) is 58.2 Å². The van der Waals surface area contributed by atoms with Crippen molar-refractivity contribution in [1.82, 2.24) is 19.6 Å². The molecule has 2 saturated heterocycles. The van der Waals surface area contributed by atoms with Gasteiger partial charge in [-0.25, -0.2) is 0 Å². The number of ketones is 1. The summed E-state index contributed by atoms with van der Waals surface area (Å²) in [5.74, 6) is 1.95. The molecule has 3 fully saturated rings. The standard InChI is InChI=1S/C32H42N4O2.CH4.2H2/c1-3-24-21-33-36(23-24)29-12-16-35(17-13-29)32(38)19-25-10-14-34(15-11-25)22-26-6-5-7-28(18-26)31-9-8-30(37)20-27(31)4-2;;;/h3,5,7,18,21,23,25-26,29,31H,1-2,6,8-17,19-20,22H2;1H4;2*1H. The van der Waals surface area contributed by atoms with Gasteiger partial charge in [-0.15, -0.1) is 5.73 Å². The van der Waals surface area contributed by atoms with E-state index >= 15 is 0 Å². The third kappa shape index (κ3) is 7.17. The second kappa shape index (κ2) is 13.4. The third-order valence-electron chi connectivity index (χ3n) is 9.04. The maximum Gasteiger partial charge on any atom is 0.222 e. The van der Waals surface area contributed by atoms with Crippen molar-refractivity contribution >= 4 is 17.8 Å². The lowest BCUT2D eigenvalue weighted by Gasteiger charge is -2.36. The van der Waals surface area contributed by atoms with Gasteiger partial charge in [0.1, 0.15) is 5.78 Å². The van der Waals surface area contributed by atoms with Gasteiger partial charge in [-0.05, 0) is 74.6 Å². The van der Waals surface area contributed by atoms with E-state index in [9.17, 15) is 9.59 Å². The molecule has 1 aromatic rings. The molecule has 0 radical (unpaired) electrons. The topological polar surface area (TPSA) is 58.4 Å². The van der Waals surface area contributed by atoms with Crippen molar-refractivity contribution in [1.29, 1.82) is 0 Å². The number of carbonyl (C=O) groups excluding carboxylic acids is 2. The van der Waals surface area contributed by atoms with E-state index in [1.54, 1.807) is 0 Å². The van der Waals surface area contributed by atoms with Crippen molar-refractivity contribution in [2.75, 3.05) is 32.7 Å². The van der Waals surface area contributed by atoms with Crippen molar-refractivity contribution in [2.24, 2.45) is 17.8 Å². The predicted molar refractivity (Wildman–Crippen MR) is 162 cm³/mol. The van der Waals surface area contributed by atoms with E-state index in [1.165, 1.54) is 5.57 Å². The van der Waals surface area contributed by atoms with E-state index in [1.807, 2.05) is 17.0 Å². The summed E-state index contributed by atoms with van der Waals surface area (Å²) in [5, 5.41) is 4.47. The number of carbonyl (C=O) groups is 2. The number of allylic oxidation sites excluding steroid dienone is 4. The van der Waals surface area contributed by atoms with E-state index in [0.717, 1.165) is 82.4 Å². The first-order chi connectivity index (χ1) is 18.5. The Hall–Kier alpha value is -2.95. The second-order valence-corrected chi connectivity index (χ2v) is 11.6. The summed E-state index contributed by atoms with van der Waals surface area (Å²) in [6, 6.07) is 0.375. The number of amides is 1. The highest BCUT2D eigenvalue weighted by Crippen LogP contribution is 2.36. The summed E-state index contributed by atoms with van der Waals surface area (Å²) in [6.45, 7) is 12.5. The molecule has 2 aliphatic heterocycles. The summed E-state index contributed by atoms with van der Waals surface area (Å²) in [4.78, 5) is 29.6. The molecule has 0 aromatic carbocycles. The molecule has 6 nitrogen and oxygen atoms in total. The number of hydrogen-bond acceptors (Lipinski definition) is 4. The highest BCUT2D eigenvalue weighted by molar-refractivity contribution is 5.82. The van der Waals surface area contributed by atoms with E-state index in [-0.39, 0.29) is 10.3 Å². The Kier molecular flexibility index (Phi) is 9.99. The van der Waals surface area contributed by atoms with Crippen LogP contribution in [-0.2, 0) is 9.59 Å². The summed E-state index contributed by atoms with van der Waals surface area (Å²) in [5.41, 5.74) is 6.52. The van der Waals surface area contributed by atoms with Gasteiger partial charge >= 0.3 is 0 Å². The van der Waals surface area contributed by atoms with Gasteiger partial charge in [-0.1, -0.05) is 44.9 Å². The van der Waals surface area contributed by atoms with Crippen molar-refractivity contribution in [3.8, 4) is 0 Å². The molecule has 3 heterocycles. The lowest BCUT2D eigenvalue weighted by atomic mass is 9.76. The number of piperidine rings is 2. The van der Waals surface area contributed by atoms with Crippen LogP contribution in [0.2, 0.25) is 0 Å². The summed E-state index contributed by atoms with van der Waals surface area (Å²) in [6.07, 6.45) is 20.7. The van der Waals surface area contributed by atoms with Crippen LogP contribution in [-0.4, -0.2) is 64.0 Å². The van der Waals surface area contributed by atoms with E-state index < -0.39 is 0 Å². The number of nitrogens with zero attached hydrogens (tertiary/aromatic N) is 4. The fourth-order valence-electron chi connectivity index (χ4n) is 6.71. The Labute approximate surface area is 237 Å². The van der Waals surface area contributed by atoms with Gasteiger partial charge in [0, 0.05) is 59.4 Å².